The third kappa shape index (κ3) is 3.40. The van der Waals surface area contributed by atoms with Gasteiger partial charge < -0.3 is 5.73 Å². The van der Waals surface area contributed by atoms with Crippen molar-refractivity contribution in [3.63, 3.8) is 0 Å². The Labute approximate surface area is 120 Å². The monoisotopic (exact) mass is 285 g/mol. The highest BCUT2D eigenvalue weighted by atomic mass is 35.5. The van der Waals surface area contributed by atoms with Crippen molar-refractivity contribution in [3.8, 4) is 0 Å². The summed E-state index contributed by atoms with van der Waals surface area (Å²) in [7, 11) is 0. The summed E-state index contributed by atoms with van der Waals surface area (Å²) in [4.78, 5) is 0. The fraction of sp³-hybridized carbons (Fsp3) is 0.600. The van der Waals surface area contributed by atoms with Gasteiger partial charge >= 0.3 is 0 Å². The normalized spacial score (nSPS) is 26.0. The van der Waals surface area contributed by atoms with Gasteiger partial charge in [-0.05, 0) is 48.4 Å². The number of hydrogen-bond donors (Lipinski definition) is 1. The van der Waals surface area contributed by atoms with Crippen LogP contribution in [0.4, 0.5) is 0 Å². The predicted molar refractivity (Wildman–Crippen MR) is 79.1 cm³/mol. The quantitative estimate of drug-likeness (QED) is 0.811. The minimum Gasteiger partial charge on any atom is -0.324 e. The standard InChI is InChI=1S/C15H21Cl2N/c1-2-10-3-5-11(6-4-10)15(18)12-7-13(16)9-14(17)8-12/h7-11,15H,2-6,18H2,1H3. The number of benzene rings is 1. The van der Waals surface area contributed by atoms with Gasteiger partial charge in [0.1, 0.15) is 0 Å². The number of nitrogens with two attached hydrogens (primary N) is 1. The van der Waals surface area contributed by atoms with Crippen LogP contribution in [0.25, 0.3) is 0 Å². The van der Waals surface area contributed by atoms with Gasteiger partial charge in [0.2, 0.25) is 0 Å². The average molecular weight is 286 g/mol. The Bertz CT molecular complexity index is 377. The first-order valence-electron chi connectivity index (χ1n) is 6.81. The maximum absolute atomic E-state index is 6.38. The molecule has 18 heavy (non-hydrogen) atoms. The lowest BCUT2D eigenvalue weighted by molar-refractivity contribution is 0.240. The van der Waals surface area contributed by atoms with Crippen molar-refractivity contribution in [3.05, 3.63) is 33.8 Å². The highest BCUT2D eigenvalue weighted by molar-refractivity contribution is 6.34. The van der Waals surface area contributed by atoms with Gasteiger partial charge in [0.15, 0.2) is 0 Å². The topological polar surface area (TPSA) is 26.0 Å². The van der Waals surface area contributed by atoms with Crippen LogP contribution in [0, 0.1) is 11.8 Å². The first kappa shape index (κ1) is 14.2. The van der Waals surface area contributed by atoms with E-state index in [1.54, 1.807) is 6.07 Å². The first-order chi connectivity index (χ1) is 8.60. The molecule has 1 aliphatic carbocycles. The molecule has 0 saturated heterocycles. The van der Waals surface area contributed by atoms with E-state index < -0.39 is 0 Å². The van der Waals surface area contributed by atoms with E-state index in [0.717, 1.165) is 11.5 Å². The molecule has 0 amide bonds. The van der Waals surface area contributed by atoms with Crippen molar-refractivity contribution in [2.75, 3.05) is 0 Å². The summed E-state index contributed by atoms with van der Waals surface area (Å²) in [6.45, 7) is 2.28. The van der Waals surface area contributed by atoms with E-state index in [1.807, 2.05) is 12.1 Å². The van der Waals surface area contributed by atoms with Crippen molar-refractivity contribution in [2.24, 2.45) is 17.6 Å². The second kappa shape index (κ2) is 6.27. The molecule has 1 aromatic carbocycles. The van der Waals surface area contributed by atoms with Crippen LogP contribution in [0.5, 0.6) is 0 Å². The van der Waals surface area contributed by atoms with Crippen molar-refractivity contribution < 1.29 is 0 Å². The zero-order valence-electron chi connectivity index (χ0n) is 10.8. The molecule has 0 radical (unpaired) electrons. The summed E-state index contributed by atoms with van der Waals surface area (Å²) in [5.41, 5.74) is 7.45. The lowest BCUT2D eigenvalue weighted by atomic mass is 9.76. The highest BCUT2D eigenvalue weighted by Crippen LogP contribution is 2.37. The molecule has 1 saturated carbocycles. The predicted octanol–water partition coefficient (Wildman–Crippen LogP) is 5.21. The minimum absolute atomic E-state index is 0.0685. The smallest absolute Gasteiger partial charge is 0.0424 e. The Hall–Kier alpha value is -0.240. The van der Waals surface area contributed by atoms with E-state index in [4.69, 9.17) is 28.9 Å². The summed E-state index contributed by atoms with van der Waals surface area (Å²) in [6, 6.07) is 5.72. The van der Waals surface area contributed by atoms with Crippen LogP contribution in [0.15, 0.2) is 18.2 Å². The first-order valence-corrected chi connectivity index (χ1v) is 7.57. The van der Waals surface area contributed by atoms with Gasteiger partial charge in [0.25, 0.3) is 0 Å². The number of halogens is 2. The molecule has 1 aliphatic rings. The molecule has 0 spiro atoms. The maximum Gasteiger partial charge on any atom is 0.0424 e. The van der Waals surface area contributed by atoms with Crippen molar-refractivity contribution in [2.45, 2.75) is 45.1 Å². The van der Waals surface area contributed by atoms with Gasteiger partial charge in [0.05, 0.1) is 0 Å². The Morgan fingerprint density at radius 1 is 1.11 bits per heavy atom. The SMILES string of the molecule is CCC1CCC(C(N)c2cc(Cl)cc(Cl)c2)CC1. The average Bonchev–Trinajstić information content (AvgIpc) is 2.37. The molecule has 0 bridgehead atoms. The van der Waals surface area contributed by atoms with E-state index in [-0.39, 0.29) is 6.04 Å². The lowest BCUT2D eigenvalue weighted by Crippen LogP contribution is -2.26. The molecule has 1 unspecified atom stereocenters. The molecule has 1 fully saturated rings. The van der Waals surface area contributed by atoms with Crippen LogP contribution < -0.4 is 5.73 Å². The Balaban J connectivity index is 2.05. The van der Waals surface area contributed by atoms with E-state index in [1.165, 1.54) is 32.1 Å². The molecule has 2 rings (SSSR count). The zero-order valence-corrected chi connectivity index (χ0v) is 12.3. The molecule has 1 aromatic rings. The largest absolute Gasteiger partial charge is 0.324 e. The summed E-state index contributed by atoms with van der Waals surface area (Å²) in [5, 5.41) is 1.35. The lowest BCUT2D eigenvalue weighted by Gasteiger charge is -2.32. The van der Waals surface area contributed by atoms with Crippen molar-refractivity contribution >= 4 is 23.2 Å². The fourth-order valence-corrected chi connectivity index (χ4v) is 3.54. The van der Waals surface area contributed by atoms with E-state index in [0.29, 0.717) is 16.0 Å². The molecule has 2 N–H and O–H groups in total. The highest BCUT2D eigenvalue weighted by Gasteiger charge is 2.25. The van der Waals surface area contributed by atoms with Crippen molar-refractivity contribution in [1.29, 1.82) is 0 Å². The zero-order chi connectivity index (χ0) is 13.1. The second-order valence-corrected chi connectivity index (χ2v) is 6.29. The van der Waals surface area contributed by atoms with Crippen LogP contribution >= 0.6 is 23.2 Å². The summed E-state index contributed by atoms with van der Waals surface area (Å²) in [6.07, 6.45) is 6.37. The third-order valence-corrected chi connectivity index (χ3v) is 4.68. The molecular formula is C15H21Cl2N. The molecular weight excluding hydrogens is 265 g/mol. The Morgan fingerprint density at radius 3 is 2.17 bits per heavy atom. The van der Waals surface area contributed by atoms with Crippen molar-refractivity contribution in [1.82, 2.24) is 0 Å². The van der Waals surface area contributed by atoms with Gasteiger partial charge in [-0.3, -0.25) is 0 Å². The molecule has 100 valence electrons. The molecule has 0 aliphatic heterocycles. The second-order valence-electron chi connectivity index (χ2n) is 5.42. The molecule has 3 heteroatoms. The van der Waals surface area contributed by atoms with E-state index >= 15 is 0 Å². The third-order valence-electron chi connectivity index (χ3n) is 4.25. The van der Waals surface area contributed by atoms with Gasteiger partial charge in [-0.1, -0.05) is 49.4 Å². The number of hydrogen-bond acceptors (Lipinski definition) is 1. The van der Waals surface area contributed by atoms with Crippen LogP contribution in [-0.2, 0) is 0 Å². The summed E-state index contributed by atoms with van der Waals surface area (Å²) >= 11 is 12.1. The van der Waals surface area contributed by atoms with Gasteiger partial charge in [0, 0.05) is 16.1 Å². The van der Waals surface area contributed by atoms with Gasteiger partial charge in [-0.25, -0.2) is 0 Å². The van der Waals surface area contributed by atoms with E-state index in [2.05, 4.69) is 6.92 Å². The van der Waals surface area contributed by atoms with Crippen LogP contribution in [0.1, 0.15) is 50.6 Å². The fourth-order valence-electron chi connectivity index (χ4n) is 3.00. The van der Waals surface area contributed by atoms with Gasteiger partial charge in [-0.2, -0.15) is 0 Å². The summed E-state index contributed by atoms with van der Waals surface area (Å²) in [5.74, 6) is 1.47. The molecule has 0 aromatic heterocycles. The molecule has 1 nitrogen and oxygen atoms in total. The Kier molecular flexibility index (Phi) is 4.94. The summed E-state index contributed by atoms with van der Waals surface area (Å²) < 4.78 is 0. The Morgan fingerprint density at radius 2 is 1.67 bits per heavy atom. The van der Waals surface area contributed by atoms with E-state index in [9.17, 15) is 0 Å². The number of rotatable bonds is 3. The minimum atomic E-state index is 0.0685. The van der Waals surface area contributed by atoms with Crippen LogP contribution in [-0.4, -0.2) is 0 Å². The molecule has 1 atom stereocenters. The van der Waals surface area contributed by atoms with Crippen LogP contribution in [0.2, 0.25) is 10.0 Å². The molecule has 0 heterocycles. The maximum atomic E-state index is 6.38. The van der Waals surface area contributed by atoms with Crippen LogP contribution in [0.3, 0.4) is 0 Å². The van der Waals surface area contributed by atoms with Gasteiger partial charge in [-0.15, -0.1) is 0 Å².